The zero-order valence-electron chi connectivity index (χ0n) is 20.2. The second kappa shape index (κ2) is 13.2. The fourth-order valence-corrected chi connectivity index (χ4v) is 3.86. The van der Waals surface area contributed by atoms with Crippen LogP contribution in [0.2, 0.25) is 0 Å². The lowest BCUT2D eigenvalue weighted by molar-refractivity contribution is -0.115. The summed E-state index contributed by atoms with van der Waals surface area (Å²) >= 11 is 1.45. The van der Waals surface area contributed by atoms with Gasteiger partial charge in [0, 0.05) is 23.7 Å². The minimum atomic E-state index is -0.107. The van der Waals surface area contributed by atoms with E-state index in [1.165, 1.54) is 11.8 Å². The molecule has 1 heterocycles. The number of hydrogen-bond acceptors (Lipinski definition) is 6. The molecule has 1 N–H and O–H groups in total. The van der Waals surface area contributed by atoms with Gasteiger partial charge in [0.1, 0.15) is 0 Å². The Balaban J connectivity index is 1.60. The first-order valence-corrected chi connectivity index (χ1v) is 12.1. The van der Waals surface area contributed by atoms with Gasteiger partial charge in [-0.25, -0.2) is 4.98 Å². The van der Waals surface area contributed by atoms with Crippen LogP contribution >= 0.6 is 11.8 Å². The average molecular weight is 491 g/mol. The van der Waals surface area contributed by atoms with Crippen LogP contribution in [-0.4, -0.2) is 31.7 Å². The van der Waals surface area contributed by atoms with E-state index in [1.54, 1.807) is 14.2 Å². The summed E-state index contributed by atoms with van der Waals surface area (Å²) < 4.78 is 16.5. The molecule has 0 aliphatic carbocycles. The first-order chi connectivity index (χ1) is 17.0. The predicted molar refractivity (Wildman–Crippen MR) is 143 cm³/mol. The minimum absolute atomic E-state index is 0.107. The zero-order valence-corrected chi connectivity index (χ0v) is 21.1. The molecule has 0 aliphatic heterocycles. The fraction of sp³-hybridized carbons (Fsp3) is 0.214. The smallest absolute Gasteiger partial charge is 0.229 e. The van der Waals surface area contributed by atoms with Gasteiger partial charge in [0.25, 0.3) is 0 Å². The van der Waals surface area contributed by atoms with Gasteiger partial charge in [0.05, 0.1) is 32.9 Å². The van der Waals surface area contributed by atoms with E-state index in [2.05, 4.69) is 16.9 Å². The van der Waals surface area contributed by atoms with Crippen LogP contribution in [0.3, 0.4) is 0 Å². The molecule has 0 saturated heterocycles. The van der Waals surface area contributed by atoms with Gasteiger partial charge in [-0.3, -0.25) is 4.79 Å². The van der Waals surface area contributed by atoms with Gasteiger partial charge in [-0.2, -0.15) is 0 Å². The Morgan fingerprint density at radius 2 is 1.86 bits per heavy atom. The number of carbonyl (C=O) groups is 1. The van der Waals surface area contributed by atoms with Gasteiger partial charge in [0.2, 0.25) is 11.8 Å². The summed E-state index contributed by atoms with van der Waals surface area (Å²) in [5, 5.41) is 4.84. The van der Waals surface area contributed by atoms with Crippen molar-refractivity contribution in [1.29, 1.82) is 0 Å². The molecule has 0 fully saturated rings. The van der Waals surface area contributed by atoms with Crippen molar-refractivity contribution in [2.24, 2.45) is 0 Å². The Morgan fingerprint density at radius 1 is 1.06 bits per heavy atom. The average Bonchev–Trinajstić information content (AvgIpc) is 2.87. The lowest BCUT2D eigenvalue weighted by Gasteiger charge is -2.11. The lowest BCUT2D eigenvalue weighted by Crippen LogP contribution is -2.11. The molecule has 2 aromatic carbocycles. The van der Waals surface area contributed by atoms with Crippen LogP contribution in [-0.2, 0) is 11.2 Å². The highest BCUT2D eigenvalue weighted by Crippen LogP contribution is 2.28. The molecule has 7 heteroatoms. The van der Waals surface area contributed by atoms with E-state index in [-0.39, 0.29) is 12.3 Å². The van der Waals surface area contributed by atoms with Crippen LogP contribution in [0.25, 0.3) is 11.3 Å². The number of nitrogens with one attached hydrogen (secondary N) is 1. The second-order valence-electron chi connectivity index (χ2n) is 7.58. The summed E-state index contributed by atoms with van der Waals surface area (Å²) in [4.78, 5) is 17.8. The van der Waals surface area contributed by atoms with Crippen molar-refractivity contribution in [1.82, 2.24) is 4.98 Å². The number of aromatic nitrogens is 1. The van der Waals surface area contributed by atoms with Crippen molar-refractivity contribution in [3.8, 4) is 28.6 Å². The minimum Gasteiger partial charge on any atom is -0.493 e. The first-order valence-electron chi connectivity index (χ1n) is 11.2. The molecule has 3 rings (SSSR count). The van der Waals surface area contributed by atoms with E-state index >= 15 is 0 Å². The molecular formula is C28H30N2O4S. The third kappa shape index (κ3) is 7.93. The Morgan fingerprint density at radius 3 is 2.63 bits per heavy atom. The highest BCUT2D eigenvalue weighted by Gasteiger charge is 2.08. The second-order valence-corrected chi connectivity index (χ2v) is 8.67. The van der Waals surface area contributed by atoms with E-state index in [0.29, 0.717) is 36.1 Å². The van der Waals surface area contributed by atoms with Gasteiger partial charge in [-0.1, -0.05) is 36.9 Å². The Bertz CT molecular complexity index is 1190. The van der Waals surface area contributed by atoms with E-state index in [9.17, 15) is 4.79 Å². The summed E-state index contributed by atoms with van der Waals surface area (Å²) in [7, 11) is 3.24. The third-order valence-corrected chi connectivity index (χ3v) is 5.87. The maximum Gasteiger partial charge on any atom is 0.229 e. The molecule has 0 atom stereocenters. The van der Waals surface area contributed by atoms with E-state index in [4.69, 9.17) is 14.2 Å². The molecule has 0 bridgehead atoms. The quantitative estimate of drug-likeness (QED) is 0.313. The Hall–Kier alpha value is -3.71. The van der Waals surface area contributed by atoms with Crippen LogP contribution in [0, 0.1) is 0 Å². The molecule has 0 radical (unpaired) electrons. The van der Waals surface area contributed by atoms with Crippen LogP contribution in [0.4, 0.5) is 5.69 Å². The van der Waals surface area contributed by atoms with E-state index < -0.39 is 0 Å². The molecule has 6 nitrogen and oxygen atoms in total. The summed E-state index contributed by atoms with van der Waals surface area (Å²) in [5.74, 6) is 1.82. The van der Waals surface area contributed by atoms with Gasteiger partial charge in [-0.05, 0) is 53.1 Å². The van der Waals surface area contributed by atoms with Crippen LogP contribution in [0.5, 0.6) is 17.4 Å². The number of carbonyl (C=O) groups excluding carboxylic acids is 1. The van der Waals surface area contributed by atoms with Gasteiger partial charge in [0.15, 0.2) is 11.5 Å². The Labute approximate surface area is 211 Å². The zero-order chi connectivity index (χ0) is 25.0. The van der Waals surface area contributed by atoms with Crippen molar-refractivity contribution in [2.75, 3.05) is 26.1 Å². The van der Waals surface area contributed by atoms with Crippen LogP contribution in [0.1, 0.15) is 18.9 Å². The lowest BCUT2D eigenvalue weighted by atomic mass is 10.1. The SMILES string of the molecule is C=C(CC(=O)Nc1cccc(-c2cccc(OCCc3ccc(OC)c(OC)c3)n2)c1)S/C=C\C. The van der Waals surface area contributed by atoms with Crippen molar-refractivity contribution in [2.45, 2.75) is 19.8 Å². The number of allylic oxidation sites excluding steroid dienone is 1. The summed E-state index contributed by atoms with van der Waals surface area (Å²) in [6, 6.07) is 19.1. The van der Waals surface area contributed by atoms with Crippen LogP contribution in [0.15, 0.2) is 83.6 Å². The topological polar surface area (TPSA) is 69.7 Å². The number of rotatable bonds is 12. The molecule has 0 spiro atoms. The first kappa shape index (κ1) is 25.9. The molecule has 1 aromatic heterocycles. The third-order valence-electron chi connectivity index (χ3n) is 4.98. The summed E-state index contributed by atoms with van der Waals surface area (Å²) in [6.45, 7) is 6.32. The molecule has 182 valence electrons. The highest BCUT2D eigenvalue weighted by atomic mass is 32.2. The normalized spacial score (nSPS) is 10.7. The van der Waals surface area contributed by atoms with Gasteiger partial charge < -0.3 is 19.5 Å². The predicted octanol–water partition coefficient (Wildman–Crippen LogP) is 6.50. The number of hydrogen-bond donors (Lipinski definition) is 1. The number of thioether (sulfide) groups is 1. The maximum atomic E-state index is 12.3. The Kier molecular flexibility index (Phi) is 9.80. The number of benzene rings is 2. The highest BCUT2D eigenvalue weighted by molar-refractivity contribution is 8.05. The maximum absolute atomic E-state index is 12.3. The number of pyridine rings is 1. The summed E-state index contributed by atoms with van der Waals surface area (Å²) in [5.41, 5.74) is 3.43. The summed E-state index contributed by atoms with van der Waals surface area (Å²) in [6.07, 6.45) is 2.87. The van der Waals surface area contributed by atoms with Gasteiger partial charge in [-0.15, -0.1) is 11.8 Å². The molecule has 3 aromatic rings. The standard InChI is InChI=1S/C28H30N2O4S/c1-5-16-35-20(2)17-27(31)29-23-9-6-8-22(19-23)24-10-7-11-28(30-24)34-15-14-21-12-13-25(32-3)26(18-21)33-4/h5-13,16,18-19H,2,14-15,17H2,1,3-4H3,(H,29,31)/b16-5-. The van der Waals surface area contributed by atoms with Crippen molar-refractivity contribution in [3.05, 3.63) is 89.2 Å². The fourth-order valence-electron chi connectivity index (χ4n) is 3.31. The van der Waals surface area contributed by atoms with Gasteiger partial charge >= 0.3 is 0 Å². The number of nitrogens with zero attached hydrogens (tertiary/aromatic N) is 1. The largest absolute Gasteiger partial charge is 0.493 e. The molecule has 0 aliphatic rings. The number of ether oxygens (including phenoxy) is 3. The molecule has 1 amide bonds. The van der Waals surface area contributed by atoms with Crippen molar-refractivity contribution < 1.29 is 19.0 Å². The van der Waals surface area contributed by atoms with Crippen LogP contribution < -0.4 is 19.5 Å². The number of amides is 1. The number of anilines is 1. The van der Waals surface area contributed by atoms with Crippen molar-refractivity contribution in [3.63, 3.8) is 0 Å². The monoisotopic (exact) mass is 490 g/mol. The molecule has 35 heavy (non-hydrogen) atoms. The van der Waals surface area contributed by atoms with E-state index in [0.717, 1.165) is 21.7 Å². The molecule has 0 unspecified atom stereocenters. The molecular weight excluding hydrogens is 460 g/mol. The van der Waals surface area contributed by atoms with Crippen molar-refractivity contribution >= 4 is 23.4 Å². The number of methoxy groups -OCH3 is 2. The molecule has 0 saturated carbocycles. The van der Waals surface area contributed by atoms with E-state index in [1.807, 2.05) is 79.1 Å².